The summed E-state index contributed by atoms with van der Waals surface area (Å²) < 4.78 is 7.08. The van der Waals surface area contributed by atoms with Gasteiger partial charge in [-0.25, -0.2) is 19.5 Å². The Morgan fingerprint density at radius 2 is 2.03 bits per heavy atom. The zero-order valence-corrected chi connectivity index (χ0v) is 20.9. The van der Waals surface area contributed by atoms with Crippen molar-refractivity contribution in [2.75, 3.05) is 19.6 Å². The molecule has 3 rings (SSSR count). The van der Waals surface area contributed by atoms with Crippen LogP contribution in [-0.4, -0.2) is 63.0 Å². The van der Waals surface area contributed by atoms with Crippen LogP contribution in [0.2, 0.25) is 0 Å². The molecule has 2 aromatic rings. The number of alkyl carbamates (subject to hydrolysis) is 1. The lowest BCUT2D eigenvalue weighted by Crippen LogP contribution is -2.44. The predicted molar refractivity (Wildman–Crippen MR) is 131 cm³/mol. The molecule has 1 fully saturated rings. The van der Waals surface area contributed by atoms with E-state index < -0.39 is 5.60 Å². The number of carbonyl (C=O) groups excluding carboxylic acids is 1. The van der Waals surface area contributed by atoms with Gasteiger partial charge < -0.3 is 20.3 Å². The number of carbonyl (C=O) groups is 1. The smallest absolute Gasteiger partial charge is 0.407 e. The van der Waals surface area contributed by atoms with Gasteiger partial charge in [-0.3, -0.25) is 0 Å². The Kier molecular flexibility index (Phi) is 9.08. The summed E-state index contributed by atoms with van der Waals surface area (Å²) in [5, 5.41) is 10.4. The maximum absolute atomic E-state index is 12.0. The maximum Gasteiger partial charge on any atom is 0.407 e. The summed E-state index contributed by atoms with van der Waals surface area (Å²) >= 11 is 0. The van der Waals surface area contributed by atoms with E-state index in [1.54, 1.807) is 11.0 Å². The van der Waals surface area contributed by atoms with Gasteiger partial charge in [0, 0.05) is 19.6 Å². The van der Waals surface area contributed by atoms with Gasteiger partial charge in [0.2, 0.25) is 0 Å². The molecule has 1 aliphatic heterocycles. The van der Waals surface area contributed by atoms with Crippen molar-refractivity contribution in [3.8, 4) is 5.69 Å². The van der Waals surface area contributed by atoms with E-state index in [9.17, 15) is 4.79 Å². The minimum Gasteiger partial charge on any atom is -0.444 e. The molecule has 10 heteroatoms. The van der Waals surface area contributed by atoms with Crippen LogP contribution in [0.1, 0.15) is 39.7 Å². The molecule has 0 saturated carbocycles. The number of hydrogen-bond acceptors (Lipinski definition) is 5. The third kappa shape index (κ3) is 7.67. The lowest BCUT2D eigenvalue weighted by atomic mass is 10.2. The average Bonchev–Trinajstić information content (AvgIpc) is 3.36. The fourth-order valence-corrected chi connectivity index (χ4v) is 3.23. The number of aliphatic imine (C=N–C) groups is 1. The van der Waals surface area contributed by atoms with Gasteiger partial charge in [-0.15, -0.1) is 24.0 Å². The quantitative estimate of drug-likeness (QED) is 0.344. The summed E-state index contributed by atoms with van der Waals surface area (Å²) in [6.07, 6.45) is 3.67. The Bertz CT molecular complexity index is 848. The van der Waals surface area contributed by atoms with E-state index in [1.807, 2.05) is 45.0 Å². The number of amides is 1. The number of benzene rings is 1. The lowest BCUT2D eigenvalue weighted by Gasteiger charge is -2.23. The molecule has 9 nitrogen and oxygen atoms in total. The second kappa shape index (κ2) is 11.3. The van der Waals surface area contributed by atoms with Gasteiger partial charge in [-0.05, 0) is 51.8 Å². The Morgan fingerprint density at radius 1 is 1.29 bits per heavy atom. The molecule has 1 aromatic heterocycles. The van der Waals surface area contributed by atoms with Crippen LogP contribution in [-0.2, 0) is 11.3 Å². The van der Waals surface area contributed by atoms with Gasteiger partial charge in [0.1, 0.15) is 18.3 Å². The van der Waals surface area contributed by atoms with Gasteiger partial charge >= 0.3 is 6.09 Å². The van der Waals surface area contributed by atoms with E-state index in [0.717, 1.165) is 36.7 Å². The minimum atomic E-state index is -0.498. The van der Waals surface area contributed by atoms with E-state index in [-0.39, 0.29) is 36.1 Å². The molecular weight excluding hydrogens is 509 g/mol. The fraction of sp³-hybridized carbons (Fsp3) is 0.524. The second-order valence-electron chi connectivity index (χ2n) is 8.25. The molecule has 1 atom stereocenters. The molecule has 1 aromatic carbocycles. The molecule has 2 N–H and O–H groups in total. The van der Waals surface area contributed by atoms with Crippen LogP contribution < -0.4 is 10.6 Å². The topological polar surface area (TPSA) is 96.7 Å². The van der Waals surface area contributed by atoms with Gasteiger partial charge in [0.25, 0.3) is 0 Å². The molecule has 1 amide bonds. The molecule has 2 heterocycles. The average molecular weight is 541 g/mol. The number of rotatable bonds is 5. The molecule has 0 spiro atoms. The Labute approximate surface area is 200 Å². The predicted octanol–water partition coefficient (Wildman–Crippen LogP) is 2.95. The standard InChI is InChI=1S/C21H31N7O2.HI/c1-5-23-19(27-11-10-17(13-27)26-20(29)30-21(2,3)4)24-12-16-6-8-18(9-7-16)28-15-22-14-25-28;/h6-9,14-15,17H,5,10-13H2,1-4H3,(H,23,24)(H,26,29);1H. The number of nitrogens with one attached hydrogen (secondary N) is 2. The van der Waals surface area contributed by atoms with Crippen LogP contribution in [0.3, 0.4) is 0 Å². The number of hydrogen-bond donors (Lipinski definition) is 2. The van der Waals surface area contributed by atoms with Crippen molar-refractivity contribution in [1.82, 2.24) is 30.3 Å². The van der Waals surface area contributed by atoms with E-state index in [0.29, 0.717) is 13.1 Å². The van der Waals surface area contributed by atoms with Crippen LogP contribution in [0, 0.1) is 0 Å². The molecule has 31 heavy (non-hydrogen) atoms. The number of halogens is 1. The summed E-state index contributed by atoms with van der Waals surface area (Å²) in [6.45, 7) is 10.5. The Morgan fingerprint density at radius 3 is 2.65 bits per heavy atom. The number of likely N-dealkylation sites (tertiary alicyclic amines) is 1. The van der Waals surface area contributed by atoms with Crippen molar-refractivity contribution in [3.05, 3.63) is 42.5 Å². The summed E-state index contributed by atoms with van der Waals surface area (Å²) in [4.78, 5) is 23.0. The molecule has 1 unspecified atom stereocenters. The molecule has 0 radical (unpaired) electrons. The molecule has 170 valence electrons. The molecular formula is C21H32IN7O2. The van der Waals surface area contributed by atoms with Crippen LogP contribution in [0.5, 0.6) is 0 Å². The first-order valence-corrected chi connectivity index (χ1v) is 10.3. The second-order valence-corrected chi connectivity index (χ2v) is 8.25. The van der Waals surface area contributed by atoms with Crippen molar-refractivity contribution in [2.24, 2.45) is 4.99 Å². The van der Waals surface area contributed by atoms with Crippen LogP contribution >= 0.6 is 24.0 Å². The first kappa shape index (κ1) is 24.9. The molecule has 0 aliphatic carbocycles. The van der Waals surface area contributed by atoms with Crippen molar-refractivity contribution in [3.63, 3.8) is 0 Å². The zero-order chi connectivity index (χ0) is 21.6. The summed E-state index contributed by atoms with van der Waals surface area (Å²) in [5.74, 6) is 0.853. The largest absolute Gasteiger partial charge is 0.444 e. The van der Waals surface area contributed by atoms with Gasteiger partial charge in [-0.2, -0.15) is 5.10 Å². The van der Waals surface area contributed by atoms with Crippen molar-refractivity contribution in [1.29, 1.82) is 0 Å². The van der Waals surface area contributed by atoms with Gasteiger partial charge in [-0.1, -0.05) is 12.1 Å². The third-order valence-corrected chi connectivity index (χ3v) is 4.57. The van der Waals surface area contributed by atoms with Gasteiger partial charge in [0.05, 0.1) is 18.3 Å². The van der Waals surface area contributed by atoms with E-state index in [1.165, 1.54) is 6.33 Å². The first-order chi connectivity index (χ1) is 14.3. The highest BCUT2D eigenvalue weighted by molar-refractivity contribution is 14.0. The summed E-state index contributed by atoms with van der Waals surface area (Å²) in [6, 6.07) is 8.14. The highest BCUT2D eigenvalue weighted by Gasteiger charge is 2.27. The number of ether oxygens (including phenoxy) is 1. The van der Waals surface area contributed by atoms with Crippen molar-refractivity contribution in [2.45, 2.75) is 52.3 Å². The normalized spacial score (nSPS) is 16.6. The minimum absolute atomic E-state index is 0. The molecule has 1 saturated heterocycles. The summed E-state index contributed by atoms with van der Waals surface area (Å²) in [5.41, 5.74) is 1.57. The number of nitrogens with zero attached hydrogens (tertiary/aromatic N) is 5. The van der Waals surface area contributed by atoms with Crippen LogP contribution in [0.4, 0.5) is 4.79 Å². The Hall–Kier alpha value is -2.37. The zero-order valence-electron chi connectivity index (χ0n) is 18.5. The SMILES string of the molecule is CCNC(=NCc1ccc(-n2cncn2)cc1)N1CCC(NC(=O)OC(C)(C)C)C1.I. The van der Waals surface area contributed by atoms with E-state index >= 15 is 0 Å². The molecule has 0 bridgehead atoms. The van der Waals surface area contributed by atoms with Crippen LogP contribution in [0.25, 0.3) is 5.69 Å². The first-order valence-electron chi connectivity index (χ1n) is 10.3. The van der Waals surface area contributed by atoms with E-state index in [2.05, 4.69) is 32.5 Å². The number of aromatic nitrogens is 3. The summed E-state index contributed by atoms with van der Waals surface area (Å²) in [7, 11) is 0. The highest BCUT2D eigenvalue weighted by atomic mass is 127. The highest BCUT2D eigenvalue weighted by Crippen LogP contribution is 2.13. The maximum atomic E-state index is 12.0. The lowest BCUT2D eigenvalue weighted by molar-refractivity contribution is 0.0507. The van der Waals surface area contributed by atoms with Crippen molar-refractivity contribution < 1.29 is 9.53 Å². The fourth-order valence-electron chi connectivity index (χ4n) is 3.23. The van der Waals surface area contributed by atoms with Crippen molar-refractivity contribution >= 4 is 36.0 Å². The number of guanidine groups is 1. The Balaban J connectivity index is 0.00000341. The van der Waals surface area contributed by atoms with E-state index in [4.69, 9.17) is 9.73 Å². The molecule has 1 aliphatic rings. The monoisotopic (exact) mass is 541 g/mol. The van der Waals surface area contributed by atoms with Gasteiger partial charge in [0.15, 0.2) is 5.96 Å². The van der Waals surface area contributed by atoms with Crippen LogP contribution in [0.15, 0.2) is 41.9 Å². The third-order valence-electron chi connectivity index (χ3n) is 4.57.